The van der Waals surface area contributed by atoms with Crippen molar-refractivity contribution in [1.29, 1.82) is 0 Å². The van der Waals surface area contributed by atoms with E-state index in [1.54, 1.807) is 0 Å². The Balaban J connectivity index is 2.19. The van der Waals surface area contributed by atoms with Gasteiger partial charge in [-0.2, -0.15) is 0 Å². The van der Waals surface area contributed by atoms with Gasteiger partial charge in [0.05, 0.1) is 0 Å². The van der Waals surface area contributed by atoms with E-state index in [-0.39, 0.29) is 0 Å². The summed E-state index contributed by atoms with van der Waals surface area (Å²) >= 11 is 0. The molecule has 0 aromatic rings. The van der Waals surface area contributed by atoms with Crippen LogP contribution < -0.4 is 10.6 Å². The SMILES string of the molecule is CCCCCNC(=NC)NCC(C)N1CCN(C)CC1. The number of nitrogens with zero attached hydrogens (tertiary/aromatic N) is 3. The molecule has 0 bridgehead atoms. The van der Waals surface area contributed by atoms with Crippen LogP contribution in [-0.4, -0.2) is 75.2 Å². The maximum atomic E-state index is 4.28. The van der Waals surface area contributed by atoms with Gasteiger partial charge in [-0.25, -0.2) is 0 Å². The second kappa shape index (κ2) is 10.00. The van der Waals surface area contributed by atoms with Gasteiger partial charge in [0, 0.05) is 52.4 Å². The number of piperazine rings is 1. The lowest BCUT2D eigenvalue weighted by Crippen LogP contribution is -2.52. The van der Waals surface area contributed by atoms with Crippen LogP contribution in [-0.2, 0) is 0 Å². The molecular weight excluding hydrogens is 250 g/mol. The summed E-state index contributed by atoms with van der Waals surface area (Å²) in [5, 5.41) is 6.82. The van der Waals surface area contributed by atoms with E-state index in [4.69, 9.17) is 0 Å². The third-order valence-electron chi connectivity index (χ3n) is 4.02. The van der Waals surface area contributed by atoms with Crippen molar-refractivity contribution in [2.75, 3.05) is 53.4 Å². The minimum absolute atomic E-state index is 0.554. The number of unbranched alkanes of at least 4 members (excludes halogenated alkanes) is 2. The molecule has 1 fully saturated rings. The largest absolute Gasteiger partial charge is 0.356 e. The normalized spacial score (nSPS) is 19.9. The maximum absolute atomic E-state index is 4.28. The average Bonchev–Trinajstić information content (AvgIpc) is 2.47. The van der Waals surface area contributed by atoms with Gasteiger partial charge in [-0.15, -0.1) is 0 Å². The summed E-state index contributed by atoms with van der Waals surface area (Å²) in [5.74, 6) is 0.932. The minimum Gasteiger partial charge on any atom is -0.356 e. The van der Waals surface area contributed by atoms with E-state index >= 15 is 0 Å². The molecule has 20 heavy (non-hydrogen) atoms. The van der Waals surface area contributed by atoms with Gasteiger partial charge in [0.2, 0.25) is 0 Å². The van der Waals surface area contributed by atoms with E-state index in [9.17, 15) is 0 Å². The Morgan fingerprint density at radius 2 is 1.85 bits per heavy atom. The molecule has 2 N–H and O–H groups in total. The van der Waals surface area contributed by atoms with Crippen LogP contribution in [0, 0.1) is 0 Å². The predicted molar refractivity (Wildman–Crippen MR) is 87.4 cm³/mol. The zero-order chi connectivity index (χ0) is 14.8. The Morgan fingerprint density at radius 1 is 1.15 bits per heavy atom. The predicted octanol–water partition coefficient (Wildman–Crippen LogP) is 0.978. The van der Waals surface area contributed by atoms with E-state index in [2.05, 4.69) is 46.3 Å². The number of aliphatic imine (C=N–C) groups is 1. The highest BCUT2D eigenvalue weighted by molar-refractivity contribution is 5.79. The monoisotopic (exact) mass is 283 g/mol. The van der Waals surface area contributed by atoms with Crippen LogP contribution in [0.1, 0.15) is 33.1 Å². The molecule has 0 amide bonds. The second-order valence-electron chi connectivity index (χ2n) is 5.78. The Labute approximate surface area is 124 Å². The van der Waals surface area contributed by atoms with Gasteiger partial charge in [0.15, 0.2) is 5.96 Å². The highest BCUT2D eigenvalue weighted by Crippen LogP contribution is 2.03. The lowest BCUT2D eigenvalue weighted by molar-refractivity contribution is 0.120. The Kier molecular flexibility index (Phi) is 8.62. The summed E-state index contributed by atoms with van der Waals surface area (Å²) in [4.78, 5) is 9.23. The molecule has 1 aliphatic rings. The summed E-state index contributed by atoms with van der Waals surface area (Å²) < 4.78 is 0. The molecule has 0 aromatic heterocycles. The Hall–Kier alpha value is -0.810. The molecule has 5 heteroatoms. The maximum Gasteiger partial charge on any atom is 0.191 e. The van der Waals surface area contributed by atoms with E-state index < -0.39 is 0 Å². The van der Waals surface area contributed by atoms with Gasteiger partial charge in [0.25, 0.3) is 0 Å². The molecule has 1 saturated heterocycles. The van der Waals surface area contributed by atoms with Crippen LogP contribution in [0.2, 0.25) is 0 Å². The highest BCUT2D eigenvalue weighted by atomic mass is 15.3. The molecule has 1 rings (SSSR count). The van der Waals surface area contributed by atoms with E-state index in [0.717, 1.165) is 19.0 Å². The van der Waals surface area contributed by atoms with Crippen LogP contribution in [0.25, 0.3) is 0 Å². The van der Waals surface area contributed by atoms with E-state index in [1.807, 2.05) is 7.05 Å². The Morgan fingerprint density at radius 3 is 2.45 bits per heavy atom. The summed E-state index contributed by atoms with van der Waals surface area (Å²) in [6.07, 6.45) is 3.75. The van der Waals surface area contributed by atoms with Crippen molar-refractivity contribution in [3.63, 3.8) is 0 Å². The molecule has 1 aliphatic heterocycles. The third kappa shape index (κ3) is 6.57. The van der Waals surface area contributed by atoms with Crippen LogP contribution in [0.3, 0.4) is 0 Å². The third-order valence-corrected chi connectivity index (χ3v) is 4.02. The molecule has 1 atom stereocenters. The fourth-order valence-electron chi connectivity index (χ4n) is 2.44. The van der Waals surface area contributed by atoms with Gasteiger partial charge in [0.1, 0.15) is 0 Å². The van der Waals surface area contributed by atoms with Crippen molar-refractivity contribution in [3.05, 3.63) is 0 Å². The first-order chi connectivity index (χ1) is 9.67. The van der Waals surface area contributed by atoms with Crippen molar-refractivity contribution in [2.45, 2.75) is 39.2 Å². The zero-order valence-electron chi connectivity index (χ0n) is 13.8. The van der Waals surface area contributed by atoms with Crippen LogP contribution in [0.15, 0.2) is 4.99 Å². The summed E-state index contributed by atoms with van der Waals surface area (Å²) in [6, 6.07) is 0.554. The standard InChI is InChI=1S/C15H33N5/c1-5-6-7-8-17-15(16-3)18-13-14(2)20-11-9-19(4)10-12-20/h14H,5-13H2,1-4H3,(H2,16,17,18). The molecule has 1 heterocycles. The molecular formula is C15H33N5. The first kappa shape index (κ1) is 17.2. The number of nitrogens with one attached hydrogen (secondary N) is 2. The minimum atomic E-state index is 0.554. The summed E-state index contributed by atoms with van der Waals surface area (Å²) in [5.41, 5.74) is 0. The fourth-order valence-corrected chi connectivity index (χ4v) is 2.44. The summed E-state index contributed by atoms with van der Waals surface area (Å²) in [7, 11) is 4.04. The van der Waals surface area contributed by atoms with E-state index in [0.29, 0.717) is 6.04 Å². The van der Waals surface area contributed by atoms with Gasteiger partial charge in [-0.3, -0.25) is 9.89 Å². The first-order valence-corrected chi connectivity index (χ1v) is 8.04. The van der Waals surface area contributed by atoms with Crippen molar-refractivity contribution < 1.29 is 0 Å². The highest BCUT2D eigenvalue weighted by Gasteiger charge is 2.18. The van der Waals surface area contributed by atoms with Crippen LogP contribution >= 0.6 is 0 Å². The number of hydrogen-bond donors (Lipinski definition) is 2. The van der Waals surface area contributed by atoms with Gasteiger partial charge < -0.3 is 15.5 Å². The Bertz CT molecular complexity index is 271. The van der Waals surface area contributed by atoms with Crippen molar-refractivity contribution in [3.8, 4) is 0 Å². The lowest BCUT2D eigenvalue weighted by Gasteiger charge is -2.36. The topological polar surface area (TPSA) is 42.9 Å². The van der Waals surface area contributed by atoms with Gasteiger partial charge in [-0.05, 0) is 20.4 Å². The quantitative estimate of drug-likeness (QED) is 0.415. The van der Waals surface area contributed by atoms with Gasteiger partial charge >= 0.3 is 0 Å². The molecule has 118 valence electrons. The van der Waals surface area contributed by atoms with Gasteiger partial charge in [-0.1, -0.05) is 19.8 Å². The van der Waals surface area contributed by atoms with Crippen molar-refractivity contribution >= 4 is 5.96 Å². The van der Waals surface area contributed by atoms with Crippen molar-refractivity contribution in [1.82, 2.24) is 20.4 Å². The fraction of sp³-hybridized carbons (Fsp3) is 0.933. The molecule has 1 unspecified atom stereocenters. The number of likely N-dealkylation sites (N-methyl/N-ethyl adjacent to an activating group) is 1. The molecule has 5 nitrogen and oxygen atoms in total. The van der Waals surface area contributed by atoms with Crippen LogP contribution in [0.4, 0.5) is 0 Å². The van der Waals surface area contributed by atoms with Crippen molar-refractivity contribution in [2.24, 2.45) is 4.99 Å². The second-order valence-corrected chi connectivity index (χ2v) is 5.78. The van der Waals surface area contributed by atoms with E-state index in [1.165, 1.54) is 45.4 Å². The lowest BCUT2D eigenvalue weighted by atomic mass is 10.2. The molecule has 0 radical (unpaired) electrons. The molecule has 0 spiro atoms. The first-order valence-electron chi connectivity index (χ1n) is 8.04. The summed E-state index contributed by atoms with van der Waals surface area (Å²) in [6.45, 7) is 11.2. The zero-order valence-corrected chi connectivity index (χ0v) is 13.8. The number of rotatable bonds is 7. The van der Waals surface area contributed by atoms with Crippen LogP contribution in [0.5, 0.6) is 0 Å². The average molecular weight is 283 g/mol. The molecule has 0 saturated carbocycles. The number of hydrogen-bond acceptors (Lipinski definition) is 3. The molecule has 0 aliphatic carbocycles. The smallest absolute Gasteiger partial charge is 0.191 e. The number of guanidine groups is 1. The molecule has 0 aromatic carbocycles.